The van der Waals surface area contributed by atoms with Crippen LogP contribution >= 0.6 is 0 Å². The predicted octanol–water partition coefficient (Wildman–Crippen LogP) is 0.717. The quantitative estimate of drug-likeness (QED) is 0.833. The Balaban J connectivity index is 1.91. The van der Waals surface area contributed by atoms with Crippen LogP contribution in [0.5, 0.6) is 0 Å². The van der Waals surface area contributed by atoms with E-state index in [-0.39, 0.29) is 5.56 Å². The van der Waals surface area contributed by atoms with Crippen molar-refractivity contribution in [1.29, 1.82) is 0 Å². The Kier molecular flexibility index (Phi) is 3.31. The number of hydrogen-bond donors (Lipinski definition) is 2. The van der Waals surface area contributed by atoms with Gasteiger partial charge in [-0.2, -0.15) is 0 Å². The lowest BCUT2D eigenvalue weighted by molar-refractivity contribution is 0.162. The summed E-state index contributed by atoms with van der Waals surface area (Å²) in [6.07, 6.45) is 0. The van der Waals surface area contributed by atoms with Crippen molar-refractivity contribution < 1.29 is 0 Å². The Morgan fingerprint density at radius 1 is 1.42 bits per heavy atom. The molecule has 1 aliphatic heterocycles. The molecule has 1 saturated heterocycles. The van der Waals surface area contributed by atoms with E-state index in [0.717, 1.165) is 31.0 Å². The molecular weight excluding hydrogens is 240 g/mol. The number of nitrogens with one attached hydrogen (secondary N) is 2. The molecule has 1 fully saturated rings. The fourth-order valence-corrected chi connectivity index (χ4v) is 2.52. The average Bonchev–Trinajstić information content (AvgIpc) is 2.42. The van der Waals surface area contributed by atoms with Crippen molar-refractivity contribution in [2.45, 2.75) is 19.5 Å². The third-order valence-corrected chi connectivity index (χ3v) is 3.65. The molecule has 1 atom stereocenters. The van der Waals surface area contributed by atoms with Crippen molar-refractivity contribution in [2.24, 2.45) is 0 Å². The molecule has 19 heavy (non-hydrogen) atoms. The van der Waals surface area contributed by atoms with E-state index < -0.39 is 0 Å². The highest BCUT2D eigenvalue weighted by atomic mass is 16.1. The lowest BCUT2D eigenvalue weighted by atomic mass is 10.2. The standard InChI is InChI=1S/C14H18N4O/c1-10-8-15-6-7-18(10)9-13-16-12-5-3-2-4-11(12)14(19)17-13/h2-5,10,15H,6-9H2,1H3,(H,16,17,19)/t10-/m0/s1. The first-order valence-corrected chi connectivity index (χ1v) is 6.67. The molecule has 5 nitrogen and oxygen atoms in total. The summed E-state index contributed by atoms with van der Waals surface area (Å²) in [6.45, 7) is 5.84. The van der Waals surface area contributed by atoms with Crippen molar-refractivity contribution in [3.63, 3.8) is 0 Å². The summed E-state index contributed by atoms with van der Waals surface area (Å²) < 4.78 is 0. The monoisotopic (exact) mass is 258 g/mol. The highest BCUT2D eigenvalue weighted by molar-refractivity contribution is 5.77. The number of rotatable bonds is 2. The van der Waals surface area contributed by atoms with Crippen LogP contribution in [0.1, 0.15) is 12.7 Å². The summed E-state index contributed by atoms with van der Waals surface area (Å²) >= 11 is 0. The normalized spacial score (nSPS) is 20.8. The van der Waals surface area contributed by atoms with Gasteiger partial charge in [0.1, 0.15) is 5.82 Å². The van der Waals surface area contributed by atoms with E-state index in [1.807, 2.05) is 18.2 Å². The van der Waals surface area contributed by atoms with Crippen LogP contribution in [-0.2, 0) is 6.54 Å². The molecule has 2 N–H and O–H groups in total. The molecule has 2 aromatic rings. The Bertz CT molecular complexity index is 637. The van der Waals surface area contributed by atoms with Crippen molar-refractivity contribution in [2.75, 3.05) is 19.6 Å². The molecule has 0 amide bonds. The summed E-state index contributed by atoms with van der Waals surface area (Å²) in [5.41, 5.74) is 0.715. The van der Waals surface area contributed by atoms with E-state index in [4.69, 9.17) is 0 Å². The molecule has 1 aliphatic rings. The third-order valence-electron chi connectivity index (χ3n) is 3.65. The lowest BCUT2D eigenvalue weighted by Crippen LogP contribution is -2.49. The minimum Gasteiger partial charge on any atom is -0.314 e. The van der Waals surface area contributed by atoms with E-state index >= 15 is 0 Å². The van der Waals surface area contributed by atoms with E-state index in [9.17, 15) is 4.79 Å². The summed E-state index contributed by atoms with van der Waals surface area (Å²) in [7, 11) is 0. The second-order valence-electron chi connectivity index (χ2n) is 5.05. The third kappa shape index (κ3) is 2.52. The summed E-state index contributed by atoms with van der Waals surface area (Å²) in [4.78, 5) is 21.8. The Labute approximate surface area is 111 Å². The summed E-state index contributed by atoms with van der Waals surface area (Å²) in [5.74, 6) is 0.748. The number of piperazine rings is 1. The van der Waals surface area contributed by atoms with E-state index in [1.165, 1.54) is 0 Å². The fourth-order valence-electron chi connectivity index (χ4n) is 2.52. The second-order valence-corrected chi connectivity index (χ2v) is 5.05. The van der Waals surface area contributed by atoms with Gasteiger partial charge in [-0.1, -0.05) is 12.1 Å². The Morgan fingerprint density at radius 2 is 2.26 bits per heavy atom. The maximum atomic E-state index is 12.0. The average molecular weight is 258 g/mol. The number of para-hydroxylation sites is 1. The van der Waals surface area contributed by atoms with E-state index in [1.54, 1.807) is 6.07 Å². The van der Waals surface area contributed by atoms with Crippen LogP contribution in [0.3, 0.4) is 0 Å². The van der Waals surface area contributed by atoms with Crippen molar-refractivity contribution >= 4 is 10.9 Å². The van der Waals surface area contributed by atoms with E-state index in [2.05, 4.69) is 27.1 Å². The molecule has 0 bridgehead atoms. The number of hydrogen-bond acceptors (Lipinski definition) is 4. The predicted molar refractivity (Wildman–Crippen MR) is 75.1 cm³/mol. The van der Waals surface area contributed by atoms with Crippen molar-refractivity contribution in [3.8, 4) is 0 Å². The van der Waals surface area contributed by atoms with Gasteiger partial charge in [-0.05, 0) is 19.1 Å². The Hall–Kier alpha value is -1.72. The maximum Gasteiger partial charge on any atom is 0.258 e. The molecule has 2 heterocycles. The fraction of sp³-hybridized carbons (Fsp3) is 0.429. The van der Waals surface area contributed by atoms with Gasteiger partial charge in [0.05, 0.1) is 17.4 Å². The SMILES string of the molecule is C[C@H]1CNCCN1Cc1nc2ccccc2c(=O)[nH]1. The molecule has 0 saturated carbocycles. The van der Waals surface area contributed by atoms with Gasteiger partial charge >= 0.3 is 0 Å². The summed E-state index contributed by atoms with van der Waals surface area (Å²) in [6, 6.07) is 7.92. The van der Waals surface area contributed by atoms with Gasteiger partial charge in [-0.3, -0.25) is 9.69 Å². The number of aromatic amines is 1. The van der Waals surface area contributed by atoms with Crippen LogP contribution in [-0.4, -0.2) is 40.5 Å². The number of nitrogens with zero attached hydrogens (tertiary/aromatic N) is 2. The highest BCUT2D eigenvalue weighted by Crippen LogP contribution is 2.09. The Morgan fingerprint density at radius 3 is 3.11 bits per heavy atom. The maximum absolute atomic E-state index is 12.0. The van der Waals surface area contributed by atoms with Gasteiger partial charge in [0, 0.05) is 25.7 Å². The molecule has 3 rings (SSSR count). The van der Waals surface area contributed by atoms with Crippen LogP contribution in [0.15, 0.2) is 29.1 Å². The van der Waals surface area contributed by atoms with E-state index in [0.29, 0.717) is 18.0 Å². The number of H-pyrrole nitrogens is 1. The molecule has 5 heteroatoms. The molecule has 1 aromatic carbocycles. The van der Waals surface area contributed by atoms with Crippen LogP contribution in [0.2, 0.25) is 0 Å². The molecule has 1 aromatic heterocycles. The van der Waals surface area contributed by atoms with Crippen LogP contribution < -0.4 is 10.9 Å². The van der Waals surface area contributed by atoms with Crippen molar-refractivity contribution in [3.05, 3.63) is 40.4 Å². The second kappa shape index (κ2) is 5.11. The molecule has 0 radical (unpaired) electrons. The first-order valence-electron chi connectivity index (χ1n) is 6.67. The smallest absolute Gasteiger partial charge is 0.258 e. The van der Waals surface area contributed by atoms with Crippen molar-refractivity contribution in [1.82, 2.24) is 20.2 Å². The van der Waals surface area contributed by atoms with Gasteiger partial charge < -0.3 is 10.3 Å². The van der Waals surface area contributed by atoms with Crippen LogP contribution in [0.25, 0.3) is 10.9 Å². The number of benzene rings is 1. The summed E-state index contributed by atoms with van der Waals surface area (Å²) in [5, 5.41) is 4.01. The topological polar surface area (TPSA) is 61.0 Å². The van der Waals surface area contributed by atoms with Crippen LogP contribution in [0.4, 0.5) is 0 Å². The zero-order valence-corrected chi connectivity index (χ0v) is 11.0. The zero-order chi connectivity index (χ0) is 13.2. The van der Waals surface area contributed by atoms with Crippen LogP contribution in [0, 0.1) is 0 Å². The minimum atomic E-state index is -0.0524. The molecule has 100 valence electrons. The number of fused-ring (bicyclic) bond motifs is 1. The minimum absolute atomic E-state index is 0.0524. The van der Waals surface area contributed by atoms with Gasteiger partial charge in [-0.15, -0.1) is 0 Å². The molecule has 0 aliphatic carbocycles. The first-order chi connectivity index (χ1) is 9.24. The lowest BCUT2D eigenvalue weighted by Gasteiger charge is -2.33. The largest absolute Gasteiger partial charge is 0.314 e. The molecule has 0 unspecified atom stereocenters. The first kappa shape index (κ1) is 12.3. The van der Waals surface area contributed by atoms with Gasteiger partial charge in [0.2, 0.25) is 0 Å². The van der Waals surface area contributed by atoms with Gasteiger partial charge in [-0.25, -0.2) is 4.98 Å². The number of aromatic nitrogens is 2. The zero-order valence-electron chi connectivity index (χ0n) is 11.0. The molecular formula is C14H18N4O. The highest BCUT2D eigenvalue weighted by Gasteiger charge is 2.18. The van der Waals surface area contributed by atoms with Gasteiger partial charge in [0.25, 0.3) is 5.56 Å². The van der Waals surface area contributed by atoms with Gasteiger partial charge in [0.15, 0.2) is 0 Å². The molecule has 0 spiro atoms.